The quantitative estimate of drug-likeness (QED) is 0.707. The van der Waals surface area contributed by atoms with Gasteiger partial charge in [-0.25, -0.2) is 0 Å². The molecule has 3 aromatic rings. The van der Waals surface area contributed by atoms with Crippen molar-refractivity contribution in [2.45, 2.75) is 26.2 Å². The van der Waals surface area contributed by atoms with Crippen molar-refractivity contribution >= 4 is 11.6 Å². The van der Waals surface area contributed by atoms with Crippen LogP contribution in [0.3, 0.4) is 0 Å². The molecule has 0 saturated carbocycles. The maximum absolute atomic E-state index is 12.4. The second-order valence-electron chi connectivity index (χ2n) is 6.08. The number of hydrogen-bond donors (Lipinski definition) is 2. The number of unbranched alkanes of at least 4 members (excludes halogenated alkanes) is 1. The number of nitrogens with one attached hydrogen (secondary N) is 2. The zero-order valence-electron chi connectivity index (χ0n) is 14.7. The number of aryl methyl sites for hydroxylation is 1. The van der Waals surface area contributed by atoms with Gasteiger partial charge in [0.05, 0.1) is 11.4 Å². The molecule has 132 valence electrons. The molecule has 3 rings (SSSR count). The van der Waals surface area contributed by atoms with Gasteiger partial charge in [-0.15, -0.1) is 0 Å². The van der Waals surface area contributed by atoms with Gasteiger partial charge in [-0.1, -0.05) is 31.5 Å². The molecule has 1 aromatic carbocycles. The zero-order valence-corrected chi connectivity index (χ0v) is 14.7. The molecule has 2 N–H and O–H groups in total. The van der Waals surface area contributed by atoms with E-state index in [-0.39, 0.29) is 5.56 Å². The third kappa shape index (κ3) is 4.25. The Morgan fingerprint density at radius 3 is 2.54 bits per heavy atom. The average Bonchev–Trinajstić information content (AvgIpc) is 2.68. The minimum Gasteiger partial charge on any atom is -0.322 e. The van der Waals surface area contributed by atoms with Crippen LogP contribution in [0, 0.1) is 0 Å². The summed E-state index contributed by atoms with van der Waals surface area (Å²) in [6, 6.07) is 16.4. The number of rotatable bonds is 6. The van der Waals surface area contributed by atoms with E-state index < -0.39 is 11.5 Å². The summed E-state index contributed by atoms with van der Waals surface area (Å²) in [4.78, 5) is 31.6. The van der Waals surface area contributed by atoms with Crippen molar-refractivity contribution < 1.29 is 4.79 Å². The molecule has 0 saturated heterocycles. The molecule has 0 unspecified atom stereocenters. The fourth-order valence-corrected chi connectivity index (χ4v) is 2.66. The molecule has 2 aromatic heterocycles. The summed E-state index contributed by atoms with van der Waals surface area (Å²) >= 11 is 0. The van der Waals surface area contributed by atoms with Crippen LogP contribution in [0.25, 0.3) is 11.4 Å². The number of aromatic amines is 1. The van der Waals surface area contributed by atoms with E-state index in [4.69, 9.17) is 0 Å². The normalized spacial score (nSPS) is 10.5. The SMILES string of the molecule is CCCCc1ccc(NC(=O)c2ccc(-c3ccccn3)[nH]c2=O)cc1. The lowest BCUT2D eigenvalue weighted by Crippen LogP contribution is -2.23. The molecule has 26 heavy (non-hydrogen) atoms. The monoisotopic (exact) mass is 347 g/mol. The summed E-state index contributed by atoms with van der Waals surface area (Å²) in [5.41, 5.74) is 2.77. The number of amides is 1. The van der Waals surface area contributed by atoms with Gasteiger partial charge < -0.3 is 10.3 Å². The second-order valence-corrected chi connectivity index (χ2v) is 6.08. The molecule has 0 atom stereocenters. The first-order chi connectivity index (χ1) is 12.7. The molecule has 1 amide bonds. The van der Waals surface area contributed by atoms with Crippen molar-refractivity contribution in [3.05, 3.63) is 82.3 Å². The highest BCUT2D eigenvalue weighted by Gasteiger charge is 2.12. The van der Waals surface area contributed by atoms with Crippen LogP contribution in [-0.2, 0) is 6.42 Å². The van der Waals surface area contributed by atoms with E-state index in [1.165, 1.54) is 11.6 Å². The second kappa shape index (κ2) is 8.25. The van der Waals surface area contributed by atoms with Crippen LogP contribution < -0.4 is 10.9 Å². The molecule has 5 heteroatoms. The highest BCUT2D eigenvalue weighted by Crippen LogP contribution is 2.14. The molecule has 0 aliphatic heterocycles. The Bertz CT molecular complexity index is 931. The van der Waals surface area contributed by atoms with Crippen LogP contribution in [0.5, 0.6) is 0 Å². The molecule has 2 heterocycles. The third-order valence-corrected chi connectivity index (χ3v) is 4.13. The van der Waals surface area contributed by atoms with Gasteiger partial charge in [0.1, 0.15) is 5.56 Å². The van der Waals surface area contributed by atoms with Crippen molar-refractivity contribution in [2.75, 3.05) is 5.32 Å². The van der Waals surface area contributed by atoms with E-state index in [1.54, 1.807) is 24.4 Å². The topological polar surface area (TPSA) is 74.8 Å². The summed E-state index contributed by atoms with van der Waals surface area (Å²) in [6.45, 7) is 2.16. The highest BCUT2D eigenvalue weighted by atomic mass is 16.2. The maximum Gasteiger partial charge on any atom is 0.261 e. The van der Waals surface area contributed by atoms with Crippen LogP contribution >= 0.6 is 0 Å². The van der Waals surface area contributed by atoms with Crippen LogP contribution in [0.15, 0.2) is 65.6 Å². The number of aromatic nitrogens is 2. The number of carbonyl (C=O) groups excluding carboxylic acids is 1. The Hall–Kier alpha value is -3.21. The lowest BCUT2D eigenvalue weighted by molar-refractivity contribution is 0.102. The number of pyridine rings is 2. The lowest BCUT2D eigenvalue weighted by Gasteiger charge is -2.07. The summed E-state index contributed by atoms with van der Waals surface area (Å²) in [7, 11) is 0. The Morgan fingerprint density at radius 1 is 1.08 bits per heavy atom. The largest absolute Gasteiger partial charge is 0.322 e. The average molecular weight is 347 g/mol. The zero-order chi connectivity index (χ0) is 18.4. The first kappa shape index (κ1) is 17.6. The number of carbonyl (C=O) groups is 1. The number of H-pyrrole nitrogens is 1. The first-order valence-electron chi connectivity index (χ1n) is 8.72. The summed E-state index contributed by atoms with van der Waals surface area (Å²) in [6.07, 6.45) is 4.97. The summed E-state index contributed by atoms with van der Waals surface area (Å²) in [5.74, 6) is -0.430. The van der Waals surface area contributed by atoms with E-state index in [0.29, 0.717) is 17.1 Å². The molecule has 0 radical (unpaired) electrons. The smallest absolute Gasteiger partial charge is 0.261 e. The Labute approximate surface area is 152 Å². The molecular formula is C21H21N3O2. The van der Waals surface area contributed by atoms with E-state index in [0.717, 1.165) is 19.3 Å². The van der Waals surface area contributed by atoms with Crippen LogP contribution in [0.4, 0.5) is 5.69 Å². The molecule has 0 fully saturated rings. The van der Waals surface area contributed by atoms with Crippen LogP contribution in [0.1, 0.15) is 35.7 Å². The predicted octanol–water partition coefficient (Wildman–Crippen LogP) is 4.03. The fraction of sp³-hybridized carbons (Fsp3) is 0.190. The maximum atomic E-state index is 12.4. The molecule has 0 aliphatic rings. The molecule has 5 nitrogen and oxygen atoms in total. The van der Waals surface area contributed by atoms with Gasteiger partial charge in [0.25, 0.3) is 11.5 Å². The first-order valence-corrected chi connectivity index (χ1v) is 8.72. The van der Waals surface area contributed by atoms with Crippen molar-refractivity contribution in [3.8, 4) is 11.4 Å². The number of benzene rings is 1. The third-order valence-electron chi connectivity index (χ3n) is 4.13. The van der Waals surface area contributed by atoms with Gasteiger partial charge in [-0.3, -0.25) is 14.6 Å². The van der Waals surface area contributed by atoms with E-state index >= 15 is 0 Å². The Morgan fingerprint density at radius 2 is 1.88 bits per heavy atom. The molecule has 0 bridgehead atoms. The predicted molar refractivity (Wildman–Crippen MR) is 103 cm³/mol. The Balaban J connectivity index is 1.73. The minimum atomic E-state index is -0.440. The van der Waals surface area contributed by atoms with Crippen molar-refractivity contribution in [2.24, 2.45) is 0 Å². The van der Waals surface area contributed by atoms with E-state index in [2.05, 4.69) is 22.2 Å². The number of anilines is 1. The number of nitrogens with zero attached hydrogens (tertiary/aromatic N) is 1. The molecule has 0 spiro atoms. The van der Waals surface area contributed by atoms with Crippen molar-refractivity contribution in [1.29, 1.82) is 0 Å². The van der Waals surface area contributed by atoms with Gasteiger partial charge >= 0.3 is 0 Å². The lowest BCUT2D eigenvalue weighted by atomic mass is 10.1. The van der Waals surface area contributed by atoms with Gasteiger partial charge in [-0.2, -0.15) is 0 Å². The van der Waals surface area contributed by atoms with Crippen molar-refractivity contribution in [3.63, 3.8) is 0 Å². The number of hydrogen-bond acceptors (Lipinski definition) is 3. The van der Waals surface area contributed by atoms with Gasteiger partial charge in [0, 0.05) is 11.9 Å². The van der Waals surface area contributed by atoms with Gasteiger partial charge in [0.15, 0.2) is 0 Å². The van der Waals surface area contributed by atoms with E-state index in [9.17, 15) is 9.59 Å². The summed E-state index contributed by atoms with van der Waals surface area (Å²) < 4.78 is 0. The van der Waals surface area contributed by atoms with Gasteiger partial charge in [0.2, 0.25) is 0 Å². The highest BCUT2D eigenvalue weighted by molar-refractivity contribution is 6.04. The Kier molecular flexibility index (Phi) is 5.59. The van der Waals surface area contributed by atoms with Crippen molar-refractivity contribution in [1.82, 2.24) is 9.97 Å². The summed E-state index contributed by atoms with van der Waals surface area (Å²) in [5, 5.41) is 2.77. The fourth-order valence-electron chi connectivity index (χ4n) is 2.66. The van der Waals surface area contributed by atoms with Crippen LogP contribution in [0.2, 0.25) is 0 Å². The van der Waals surface area contributed by atoms with Crippen LogP contribution in [-0.4, -0.2) is 15.9 Å². The molecular weight excluding hydrogens is 326 g/mol. The standard InChI is InChI=1S/C21H21N3O2/c1-2-3-6-15-8-10-16(11-9-15)23-20(25)17-12-13-19(24-21(17)26)18-7-4-5-14-22-18/h4-5,7-14H,2-3,6H2,1H3,(H,23,25)(H,24,26). The minimum absolute atomic E-state index is 0.0692. The van der Waals surface area contributed by atoms with Gasteiger partial charge in [-0.05, 0) is 54.8 Å². The molecule has 0 aliphatic carbocycles. The van der Waals surface area contributed by atoms with E-state index in [1.807, 2.05) is 30.3 Å².